The van der Waals surface area contributed by atoms with Gasteiger partial charge in [0.15, 0.2) is 0 Å². The summed E-state index contributed by atoms with van der Waals surface area (Å²) in [6.07, 6.45) is 2.69. The van der Waals surface area contributed by atoms with Gasteiger partial charge in [-0.05, 0) is 85.9 Å². The first-order valence-electron chi connectivity index (χ1n) is 12.7. The number of hydrogen-bond acceptors (Lipinski definition) is 6. The van der Waals surface area contributed by atoms with Crippen LogP contribution >= 0.6 is 22.6 Å². The van der Waals surface area contributed by atoms with Crippen molar-refractivity contribution in [2.24, 2.45) is 12.5 Å². The minimum atomic E-state index is -1.48. The third kappa shape index (κ3) is 5.90. The van der Waals surface area contributed by atoms with Crippen LogP contribution in [-0.2, 0) is 24.8 Å². The summed E-state index contributed by atoms with van der Waals surface area (Å²) in [5, 5.41) is 0. The summed E-state index contributed by atoms with van der Waals surface area (Å²) in [5.74, 6) is 4.29. The molecule has 1 aromatic carbocycles. The zero-order valence-electron chi connectivity index (χ0n) is 22.9. The van der Waals surface area contributed by atoms with Gasteiger partial charge in [-0.15, -0.1) is 10.3 Å². The maximum atomic E-state index is 13.3. The second kappa shape index (κ2) is 10.2. The van der Waals surface area contributed by atoms with Crippen molar-refractivity contribution >= 4 is 53.8 Å². The Morgan fingerprint density at radius 3 is 2.51 bits per heavy atom. The van der Waals surface area contributed by atoms with E-state index in [4.69, 9.17) is 5.73 Å². The molecule has 0 bridgehead atoms. The average Bonchev–Trinajstić information content (AvgIpc) is 3.10. The van der Waals surface area contributed by atoms with Gasteiger partial charge in [-0.1, -0.05) is 31.6 Å². The Morgan fingerprint density at radius 2 is 1.92 bits per heavy atom. The van der Waals surface area contributed by atoms with E-state index < -0.39 is 19.4 Å². The van der Waals surface area contributed by atoms with Crippen molar-refractivity contribution in [2.45, 2.75) is 70.5 Å². The SMILES string of the molecule is Cn1c(N2CCC3(CC2)Cc2cc(C#C[Si](C)(C)C)ccc2[C@H]3N[S@+]([O-])C(C)(C)C)nc(N)c(I)c1=O. The fraction of sp³-hybridized carbons (Fsp3) is 0.556. The number of aromatic nitrogens is 2. The molecular formula is C27H38IN5O2SSi. The van der Waals surface area contributed by atoms with E-state index in [1.54, 1.807) is 11.6 Å². The van der Waals surface area contributed by atoms with Crippen LogP contribution in [0, 0.1) is 20.4 Å². The lowest BCUT2D eigenvalue weighted by molar-refractivity contribution is 0.175. The molecule has 1 saturated heterocycles. The van der Waals surface area contributed by atoms with Crippen molar-refractivity contribution in [1.82, 2.24) is 14.3 Å². The fourth-order valence-corrected chi connectivity index (χ4v) is 7.09. The number of nitrogens with zero attached hydrogens (tertiary/aromatic N) is 3. The Morgan fingerprint density at radius 1 is 1.27 bits per heavy atom. The summed E-state index contributed by atoms with van der Waals surface area (Å²) in [4.78, 5) is 19.3. The van der Waals surface area contributed by atoms with Gasteiger partial charge in [0.1, 0.15) is 22.2 Å². The summed E-state index contributed by atoms with van der Waals surface area (Å²) < 4.78 is 18.5. The molecule has 10 heteroatoms. The quantitative estimate of drug-likeness (QED) is 0.224. The molecule has 1 aliphatic carbocycles. The number of nitrogens with two attached hydrogens (primary N) is 1. The molecule has 7 nitrogen and oxygen atoms in total. The molecule has 1 aliphatic heterocycles. The number of piperidine rings is 1. The number of hydrogen-bond donors (Lipinski definition) is 2. The van der Waals surface area contributed by atoms with Crippen LogP contribution in [0.3, 0.4) is 0 Å². The number of anilines is 2. The lowest BCUT2D eigenvalue weighted by atomic mass is 9.73. The first kappa shape index (κ1) is 28.5. The molecule has 200 valence electrons. The molecule has 0 unspecified atom stereocenters. The number of benzene rings is 1. The summed E-state index contributed by atoms with van der Waals surface area (Å²) in [7, 11) is 0.276. The van der Waals surface area contributed by atoms with E-state index in [-0.39, 0.29) is 27.6 Å². The van der Waals surface area contributed by atoms with Gasteiger partial charge in [0.25, 0.3) is 5.56 Å². The molecular weight excluding hydrogens is 613 g/mol. The minimum absolute atomic E-state index is 0.0118. The Kier molecular flexibility index (Phi) is 7.87. The molecule has 37 heavy (non-hydrogen) atoms. The normalized spacial score (nSPS) is 19.9. The molecule has 4 rings (SSSR count). The van der Waals surface area contributed by atoms with Gasteiger partial charge >= 0.3 is 0 Å². The van der Waals surface area contributed by atoms with Crippen molar-refractivity contribution in [2.75, 3.05) is 23.7 Å². The van der Waals surface area contributed by atoms with Crippen molar-refractivity contribution in [3.63, 3.8) is 0 Å². The van der Waals surface area contributed by atoms with E-state index in [2.05, 4.69) is 63.9 Å². The highest BCUT2D eigenvalue weighted by molar-refractivity contribution is 14.1. The summed E-state index contributed by atoms with van der Waals surface area (Å²) in [6.45, 7) is 14.3. The topological polar surface area (TPSA) is 99.2 Å². The van der Waals surface area contributed by atoms with E-state index >= 15 is 0 Å². The summed E-state index contributed by atoms with van der Waals surface area (Å²) >= 11 is 0.756. The second-order valence-corrected chi connectivity index (χ2v) is 20.2. The van der Waals surface area contributed by atoms with E-state index in [0.717, 1.165) is 37.9 Å². The van der Waals surface area contributed by atoms with Gasteiger partial charge < -0.3 is 15.2 Å². The lowest BCUT2D eigenvalue weighted by Crippen LogP contribution is -2.50. The van der Waals surface area contributed by atoms with Crippen LogP contribution in [0.4, 0.5) is 11.8 Å². The molecule has 0 radical (unpaired) electrons. The second-order valence-electron chi connectivity index (χ2n) is 12.3. The predicted molar refractivity (Wildman–Crippen MR) is 165 cm³/mol. The third-order valence-electron chi connectivity index (χ3n) is 7.25. The Labute approximate surface area is 238 Å². The monoisotopic (exact) mass is 651 g/mol. The van der Waals surface area contributed by atoms with Crippen LogP contribution in [0.5, 0.6) is 0 Å². The number of fused-ring (bicyclic) bond motifs is 1. The Balaban J connectivity index is 1.66. The van der Waals surface area contributed by atoms with E-state index in [9.17, 15) is 9.35 Å². The molecule has 2 heterocycles. The van der Waals surface area contributed by atoms with Crippen molar-refractivity contribution < 1.29 is 4.55 Å². The predicted octanol–water partition coefficient (Wildman–Crippen LogP) is 4.13. The molecule has 1 spiro atoms. The smallest absolute Gasteiger partial charge is 0.270 e. The summed E-state index contributed by atoms with van der Waals surface area (Å²) in [5.41, 5.74) is 12.9. The molecule has 2 atom stereocenters. The average molecular weight is 652 g/mol. The molecule has 1 fully saturated rings. The van der Waals surface area contributed by atoms with Crippen LogP contribution in [0.1, 0.15) is 56.3 Å². The Hall–Kier alpha value is -1.52. The largest absolute Gasteiger partial charge is 0.598 e. The van der Waals surface area contributed by atoms with E-state index in [1.165, 1.54) is 11.1 Å². The van der Waals surface area contributed by atoms with Crippen LogP contribution in [0.15, 0.2) is 23.0 Å². The highest BCUT2D eigenvalue weighted by Crippen LogP contribution is 2.53. The van der Waals surface area contributed by atoms with Gasteiger partial charge in [0, 0.05) is 42.5 Å². The highest BCUT2D eigenvalue weighted by Gasteiger charge is 2.50. The van der Waals surface area contributed by atoms with E-state index in [1.807, 2.05) is 43.4 Å². The highest BCUT2D eigenvalue weighted by atomic mass is 127. The third-order valence-corrected chi connectivity index (χ3v) is 10.7. The van der Waals surface area contributed by atoms with Crippen LogP contribution < -0.4 is 20.9 Å². The van der Waals surface area contributed by atoms with E-state index in [0.29, 0.717) is 9.52 Å². The van der Waals surface area contributed by atoms with Gasteiger partial charge in [-0.3, -0.25) is 9.36 Å². The van der Waals surface area contributed by atoms with Crippen molar-refractivity contribution in [1.29, 1.82) is 0 Å². The molecule has 1 aromatic heterocycles. The number of nitrogens with one attached hydrogen (secondary N) is 1. The fourth-order valence-electron chi connectivity index (χ4n) is 5.14. The standard InChI is InChI=1S/C27H38IN5O2SSi/c1-26(2,3)36(35)31-22-20-9-8-18(10-15-37(5,6)7)16-19(20)17-27(22)11-13-33(14-12-27)25-30-23(29)21(28)24(34)32(25)4/h8-9,16,22,31H,11-14,17,29H2,1-7H3/t22-,36-/m1/s1. The zero-order valence-corrected chi connectivity index (χ0v) is 26.8. The van der Waals surface area contributed by atoms with Gasteiger partial charge in [0.2, 0.25) is 5.95 Å². The molecule has 2 aliphatic rings. The van der Waals surface area contributed by atoms with Crippen molar-refractivity contribution in [3.8, 4) is 11.5 Å². The maximum Gasteiger partial charge on any atom is 0.270 e. The number of halogens is 1. The van der Waals surface area contributed by atoms with Crippen LogP contribution in [0.2, 0.25) is 19.6 Å². The number of rotatable bonds is 3. The number of nitrogen functional groups attached to an aromatic ring is 1. The minimum Gasteiger partial charge on any atom is -0.598 e. The zero-order chi connectivity index (χ0) is 27.3. The lowest BCUT2D eigenvalue weighted by Gasteiger charge is -2.44. The van der Waals surface area contributed by atoms with Gasteiger partial charge in [-0.25, -0.2) is 0 Å². The summed E-state index contributed by atoms with van der Waals surface area (Å²) in [6, 6.07) is 6.53. The molecule has 0 amide bonds. The first-order valence-corrected chi connectivity index (χ1v) is 18.5. The Bertz CT molecular complexity index is 1310. The van der Waals surface area contributed by atoms with Gasteiger partial charge in [-0.2, -0.15) is 4.98 Å². The van der Waals surface area contributed by atoms with Crippen LogP contribution in [0.25, 0.3) is 0 Å². The van der Waals surface area contributed by atoms with Gasteiger partial charge in [0.05, 0.1) is 6.04 Å². The first-order chi connectivity index (χ1) is 17.1. The van der Waals surface area contributed by atoms with Crippen LogP contribution in [-0.4, -0.2) is 40.0 Å². The molecule has 2 aromatic rings. The van der Waals surface area contributed by atoms with Crippen molar-refractivity contribution in [3.05, 3.63) is 48.8 Å². The molecule has 0 saturated carbocycles. The molecule has 3 N–H and O–H groups in total. The maximum absolute atomic E-state index is 13.3.